The summed E-state index contributed by atoms with van der Waals surface area (Å²) in [4.78, 5) is 1.27. The molecule has 0 bridgehead atoms. The average Bonchev–Trinajstić information content (AvgIpc) is 2.71. The molecule has 1 unspecified atom stereocenters. The highest BCUT2D eigenvalue weighted by atomic mass is 79.9. The van der Waals surface area contributed by atoms with Crippen molar-refractivity contribution < 1.29 is 0 Å². The van der Waals surface area contributed by atoms with Crippen LogP contribution in [0.1, 0.15) is 16.5 Å². The molecule has 0 fully saturated rings. The molecule has 17 heavy (non-hydrogen) atoms. The molecule has 0 saturated heterocycles. The van der Waals surface area contributed by atoms with E-state index in [4.69, 9.17) is 11.6 Å². The number of rotatable bonds is 3. The fourth-order valence-electron chi connectivity index (χ4n) is 1.65. The van der Waals surface area contributed by atoms with E-state index in [1.807, 2.05) is 19.2 Å². The monoisotopic (exact) mass is 393 g/mol. The molecule has 0 aliphatic carbocycles. The highest BCUT2D eigenvalue weighted by Crippen LogP contribution is 2.33. The van der Waals surface area contributed by atoms with E-state index < -0.39 is 0 Å². The summed E-state index contributed by atoms with van der Waals surface area (Å²) >= 11 is 14.7. The Labute approximate surface area is 126 Å². The van der Waals surface area contributed by atoms with Gasteiger partial charge in [0, 0.05) is 9.35 Å². The lowest BCUT2D eigenvalue weighted by Gasteiger charge is -2.15. The minimum Gasteiger partial charge on any atom is -0.309 e. The maximum atomic E-state index is 6.01. The summed E-state index contributed by atoms with van der Waals surface area (Å²) in [6.07, 6.45) is 0. The molecule has 1 aromatic carbocycles. The summed E-state index contributed by atoms with van der Waals surface area (Å²) in [7, 11) is 1.96. The SMILES string of the molecule is CNC(c1ccc(Cl)c(Br)c1)c1ccc(Br)s1. The smallest absolute Gasteiger partial charge is 0.0702 e. The summed E-state index contributed by atoms with van der Waals surface area (Å²) in [6.45, 7) is 0. The predicted molar refractivity (Wildman–Crippen MR) is 82.1 cm³/mol. The van der Waals surface area contributed by atoms with Crippen LogP contribution in [0, 0.1) is 0 Å². The van der Waals surface area contributed by atoms with E-state index in [2.05, 4.69) is 55.4 Å². The molecule has 0 saturated carbocycles. The first-order chi connectivity index (χ1) is 8.11. The second-order valence-corrected chi connectivity index (χ2v) is 7.29. The van der Waals surface area contributed by atoms with Gasteiger partial charge in [-0.2, -0.15) is 0 Å². The Balaban J connectivity index is 2.38. The van der Waals surface area contributed by atoms with Crippen LogP contribution >= 0.6 is 54.8 Å². The lowest BCUT2D eigenvalue weighted by molar-refractivity contribution is 0.703. The van der Waals surface area contributed by atoms with E-state index in [1.165, 1.54) is 10.4 Å². The number of hydrogen-bond acceptors (Lipinski definition) is 2. The summed E-state index contributed by atoms with van der Waals surface area (Å²) in [5, 5.41) is 4.05. The molecule has 90 valence electrons. The first kappa shape index (κ1) is 13.6. The Morgan fingerprint density at radius 3 is 2.53 bits per heavy atom. The minimum atomic E-state index is 0.194. The van der Waals surface area contributed by atoms with Gasteiger partial charge in [-0.1, -0.05) is 17.7 Å². The Bertz CT molecular complexity index is 527. The van der Waals surface area contributed by atoms with Gasteiger partial charge in [0.25, 0.3) is 0 Å². The van der Waals surface area contributed by atoms with Crippen LogP contribution in [0.2, 0.25) is 5.02 Å². The third-order valence-corrected chi connectivity index (χ3v) is 5.35. The van der Waals surface area contributed by atoms with Gasteiger partial charge in [-0.15, -0.1) is 11.3 Å². The summed E-state index contributed by atoms with van der Waals surface area (Å²) in [5.74, 6) is 0. The van der Waals surface area contributed by atoms with Gasteiger partial charge in [0.05, 0.1) is 14.9 Å². The predicted octanol–water partition coefficient (Wildman–Crippen LogP) is 5.24. The van der Waals surface area contributed by atoms with Crippen molar-refractivity contribution in [3.05, 3.63) is 54.1 Å². The lowest BCUT2D eigenvalue weighted by Crippen LogP contribution is -2.16. The van der Waals surface area contributed by atoms with Gasteiger partial charge >= 0.3 is 0 Å². The fraction of sp³-hybridized carbons (Fsp3) is 0.167. The normalized spacial score (nSPS) is 12.7. The van der Waals surface area contributed by atoms with Crippen molar-refractivity contribution in [3.8, 4) is 0 Å². The second-order valence-electron chi connectivity index (χ2n) is 3.54. The Morgan fingerprint density at radius 2 is 2.00 bits per heavy atom. The van der Waals surface area contributed by atoms with Crippen LogP contribution in [0.3, 0.4) is 0 Å². The van der Waals surface area contributed by atoms with Crippen molar-refractivity contribution >= 4 is 54.8 Å². The van der Waals surface area contributed by atoms with Crippen LogP contribution in [0.4, 0.5) is 0 Å². The maximum Gasteiger partial charge on any atom is 0.0702 e. The molecular weight excluding hydrogens is 385 g/mol. The van der Waals surface area contributed by atoms with E-state index in [0.717, 1.165) is 13.3 Å². The van der Waals surface area contributed by atoms with Crippen molar-refractivity contribution in [2.24, 2.45) is 0 Å². The molecule has 1 atom stereocenters. The third-order valence-electron chi connectivity index (χ3n) is 2.44. The Kier molecular flexibility index (Phi) is 4.66. The van der Waals surface area contributed by atoms with Gasteiger partial charge in [-0.25, -0.2) is 0 Å². The highest BCUT2D eigenvalue weighted by molar-refractivity contribution is 9.11. The number of hydrogen-bond donors (Lipinski definition) is 1. The number of thiophene rings is 1. The van der Waals surface area contributed by atoms with Gasteiger partial charge in [0.2, 0.25) is 0 Å². The van der Waals surface area contributed by atoms with Crippen LogP contribution in [0.5, 0.6) is 0 Å². The molecule has 2 aromatic rings. The number of halogens is 3. The standard InChI is InChI=1S/C12H10Br2ClNS/c1-16-12(10-4-5-11(14)17-10)7-2-3-9(15)8(13)6-7/h2-6,12,16H,1H3. The van der Waals surface area contributed by atoms with Crippen LogP contribution in [0.15, 0.2) is 38.6 Å². The first-order valence-electron chi connectivity index (χ1n) is 4.99. The van der Waals surface area contributed by atoms with Crippen LogP contribution < -0.4 is 5.32 Å². The second kappa shape index (κ2) is 5.85. The molecule has 0 radical (unpaired) electrons. The van der Waals surface area contributed by atoms with Gasteiger partial charge in [0.15, 0.2) is 0 Å². The molecule has 1 N–H and O–H groups in total. The van der Waals surface area contributed by atoms with E-state index in [0.29, 0.717) is 0 Å². The maximum absolute atomic E-state index is 6.01. The zero-order valence-electron chi connectivity index (χ0n) is 9.01. The molecule has 1 aromatic heterocycles. The summed E-state index contributed by atoms with van der Waals surface area (Å²) in [5.41, 5.74) is 1.19. The Hall–Kier alpha value is 0.130. The van der Waals surface area contributed by atoms with Gasteiger partial charge in [0.1, 0.15) is 0 Å². The number of nitrogens with one attached hydrogen (secondary N) is 1. The van der Waals surface area contributed by atoms with E-state index in [1.54, 1.807) is 11.3 Å². The van der Waals surface area contributed by atoms with Crippen LogP contribution in [-0.2, 0) is 0 Å². The molecule has 5 heteroatoms. The zero-order valence-corrected chi connectivity index (χ0v) is 13.8. The topological polar surface area (TPSA) is 12.0 Å². The van der Waals surface area contributed by atoms with Gasteiger partial charge < -0.3 is 5.32 Å². The molecule has 0 amide bonds. The largest absolute Gasteiger partial charge is 0.309 e. The molecule has 0 aliphatic heterocycles. The Morgan fingerprint density at radius 1 is 1.24 bits per heavy atom. The van der Waals surface area contributed by atoms with Gasteiger partial charge in [-0.3, -0.25) is 0 Å². The summed E-state index contributed by atoms with van der Waals surface area (Å²) in [6, 6.07) is 10.4. The van der Waals surface area contributed by atoms with Crippen molar-refractivity contribution in [2.45, 2.75) is 6.04 Å². The van der Waals surface area contributed by atoms with E-state index in [-0.39, 0.29) is 6.04 Å². The molecular formula is C12H10Br2ClNS. The van der Waals surface area contributed by atoms with E-state index in [9.17, 15) is 0 Å². The molecule has 1 nitrogen and oxygen atoms in total. The quantitative estimate of drug-likeness (QED) is 0.750. The first-order valence-corrected chi connectivity index (χ1v) is 7.77. The van der Waals surface area contributed by atoms with Crippen molar-refractivity contribution in [1.82, 2.24) is 5.32 Å². The molecule has 0 spiro atoms. The van der Waals surface area contributed by atoms with Crippen molar-refractivity contribution in [1.29, 1.82) is 0 Å². The number of benzene rings is 1. The highest BCUT2D eigenvalue weighted by Gasteiger charge is 2.14. The van der Waals surface area contributed by atoms with Crippen LogP contribution in [-0.4, -0.2) is 7.05 Å². The van der Waals surface area contributed by atoms with Crippen LogP contribution in [0.25, 0.3) is 0 Å². The average molecular weight is 396 g/mol. The fourth-order valence-corrected chi connectivity index (χ4v) is 3.72. The molecule has 0 aliphatic rings. The van der Waals surface area contributed by atoms with Crippen molar-refractivity contribution in [3.63, 3.8) is 0 Å². The molecule has 2 rings (SSSR count). The van der Waals surface area contributed by atoms with E-state index >= 15 is 0 Å². The van der Waals surface area contributed by atoms with Crippen molar-refractivity contribution in [2.75, 3.05) is 7.05 Å². The third kappa shape index (κ3) is 3.12. The lowest BCUT2D eigenvalue weighted by atomic mass is 10.1. The molecule has 1 heterocycles. The minimum absolute atomic E-state index is 0.194. The zero-order chi connectivity index (χ0) is 12.4. The summed E-state index contributed by atoms with van der Waals surface area (Å²) < 4.78 is 2.06. The van der Waals surface area contributed by atoms with Gasteiger partial charge in [-0.05, 0) is 68.7 Å².